The van der Waals surface area contributed by atoms with Crippen molar-refractivity contribution in [3.63, 3.8) is 0 Å². The van der Waals surface area contributed by atoms with Crippen molar-refractivity contribution in [1.82, 2.24) is 19.8 Å². The first-order chi connectivity index (χ1) is 17.7. The van der Waals surface area contributed by atoms with Gasteiger partial charge in [-0.05, 0) is 67.8 Å². The molecule has 196 valence electrons. The number of aromatic nitrogens is 4. The highest BCUT2D eigenvalue weighted by Gasteiger charge is 2.24. The summed E-state index contributed by atoms with van der Waals surface area (Å²) >= 11 is 0. The molecular formula is C30H39N5O2. The molecule has 4 rings (SSSR count). The fourth-order valence-electron chi connectivity index (χ4n) is 4.58. The number of methoxy groups -OCH3 is 2. The summed E-state index contributed by atoms with van der Waals surface area (Å²) in [5.41, 5.74) is 5.93. The molecule has 4 aromatic rings. The first-order valence-electron chi connectivity index (χ1n) is 13.1. The van der Waals surface area contributed by atoms with Gasteiger partial charge in [0, 0.05) is 29.4 Å². The number of rotatable bonds is 9. The van der Waals surface area contributed by atoms with Crippen molar-refractivity contribution in [2.45, 2.75) is 59.8 Å². The van der Waals surface area contributed by atoms with E-state index in [9.17, 15) is 0 Å². The molecule has 0 amide bonds. The SMILES string of the molecule is CCCCN(CC)c1ccc(/C=c2/c(C(C)(C)C)nn3nc(-c4cc(OC)ccc4OC)nc23)c(C)c1. The molecule has 0 saturated heterocycles. The van der Waals surface area contributed by atoms with Gasteiger partial charge in [0.15, 0.2) is 11.5 Å². The maximum Gasteiger partial charge on any atom is 0.187 e. The highest BCUT2D eigenvalue weighted by molar-refractivity contribution is 5.70. The zero-order valence-corrected chi connectivity index (χ0v) is 23.4. The van der Waals surface area contributed by atoms with Crippen LogP contribution in [0.4, 0.5) is 5.69 Å². The zero-order chi connectivity index (χ0) is 26.7. The minimum atomic E-state index is -0.172. The van der Waals surface area contributed by atoms with Gasteiger partial charge < -0.3 is 14.4 Å². The van der Waals surface area contributed by atoms with Crippen molar-refractivity contribution < 1.29 is 9.47 Å². The number of hydrogen-bond acceptors (Lipinski definition) is 6. The van der Waals surface area contributed by atoms with Gasteiger partial charge in [0.05, 0.1) is 25.5 Å². The van der Waals surface area contributed by atoms with Crippen LogP contribution in [0.3, 0.4) is 0 Å². The van der Waals surface area contributed by atoms with Crippen molar-refractivity contribution in [1.29, 1.82) is 0 Å². The molecule has 0 aliphatic rings. The lowest BCUT2D eigenvalue weighted by molar-refractivity contribution is 0.404. The lowest BCUT2D eigenvalue weighted by Gasteiger charge is -2.23. The lowest BCUT2D eigenvalue weighted by atomic mass is 9.90. The molecule has 7 heteroatoms. The Balaban J connectivity index is 1.85. The van der Waals surface area contributed by atoms with Crippen LogP contribution in [0.1, 0.15) is 64.3 Å². The van der Waals surface area contributed by atoms with Gasteiger partial charge in [0.1, 0.15) is 11.5 Å². The monoisotopic (exact) mass is 501 g/mol. The number of unbranched alkanes of at least 4 members (excludes halogenated alkanes) is 1. The number of benzene rings is 2. The summed E-state index contributed by atoms with van der Waals surface area (Å²) in [4.78, 5) is 7.37. The van der Waals surface area contributed by atoms with Crippen molar-refractivity contribution >= 4 is 17.4 Å². The van der Waals surface area contributed by atoms with E-state index in [1.165, 1.54) is 24.1 Å². The summed E-state index contributed by atoms with van der Waals surface area (Å²) in [6.45, 7) is 15.2. The molecular weight excluding hydrogens is 462 g/mol. The average molecular weight is 502 g/mol. The number of fused-ring (bicyclic) bond motifs is 1. The van der Waals surface area contributed by atoms with E-state index in [1.54, 1.807) is 18.8 Å². The molecule has 0 saturated carbocycles. The molecule has 37 heavy (non-hydrogen) atoms. The second kappa shape index (κ2) is 10.8. The smallest absolute Gasteiger partial charge is 0.187 e. The van der Waals surface area contributed by atoms with E-state index in [0.29, 0.717) is 11.6 Å². The third-order valence-electron chi connectivity index (χ3n) is 6.72. The highest BCUT2D eigenvalue weighted by Crippen LogP contribution is 2.32. The van der Waals surface area contributed by atoms with E-state index < -0.39 is 0 Å². The third kappa shape index (κ3) is 5.41. The quantitative estimate of drug-likeness (QED) is 0.298. The molecule has 0 N–H and O–H groups in total. The number of nitrogens with zero attached hydrogens (tertiary/aromatic N) is 5. The molecule has 0 spiro atoms. The normalized spacial score (nSPS) is 12.4. The van der Waals surface area contributed by atoms with E-state index in [0.717, 1.165) is 46.5 Å². The molecule has 0 aliphatic carbocycles. The summed E-state index contributed by atoms with van der Waals surface area (Å²) in [6, 6.07) is 12.3. The van der Waals surface area contributed by atoms with Gasteiger partial charge in [-0.2, -0.15) is 5.10 Å². The summed E-state index contributed by atoms with van der Waals surface area (Å²) in [6.07, 6.45) is 4.59. The van der Waals surface area contributed by atoms with Gasteiger partial charge >= 0.3 is 0 Å². The first kappa shape index (κ1) is 26.5. The number of ether oxygens (including phenoxy) is 2. The van der Waals surface area contributed by atoms with Crippen LogP contribution in [0.15, 0.2) is 36.4 Å². The fourth-order valence-corrected chi connectivity index (χ4v) is 4.58. The minimum absolute atomic E-state index is 0.172. The van der Waals surface area contributed by atoms with E-state index in [1.807, 2.05) is 18.2 Å². The van der Waals surface area contributed by atoms with Gasteiger partial charge in [0.25, 0.3) is 0 Å². The molecule has 0 bridgehead atoms. The Hall–Kier alpha value is -3.61. The maximum atomic E-state index is 5.58. The maximum absolute atomic E-state index is 5.58. The van der Waals surface area contributed by atoms with Gasteiger partial charge in [-0.25, -0.2) is 4.98 Å². The van der Waals surface area contributed by atoms with Crippen LogP contribution < -0.4 is 19.6 Å². The topological polar surface area (TPSA) is 64.8 Å². The first-order valence-corrected chi connectivity index (χ1v) is 13.1. The van der Waals surface area contributed by atoms with Crippen molar-refractivity contribution in [3.05, 3.63) is 58.4 Å². The van der Waals surface area contributed by atoms with Crippen LogP contribution in [0.5, 0.6) is 11.5 Å². The van der Waals surface area contributed by atoms with E-state index >= 15 is 0 Å². The Labute approximate surface area is 220 Å². The summed E-state index contributed by atoms with van der Waals surface area (Å²) in [7, 11) is 3.29. The third-order valence-corrected chi connectivity index (χ3v) is 6.72. The van der Waals surface area contributed by atoms with E-state index in [4.69, 9.17) is 24.7 Å². The van der Waals surface area contributed by atoms with Crippen LogP contribution in [0, 0.1) is 6.92 Å². The summed E-state index contributed by atoms with van der Waals surface area (Å²) in [5.74, 6) is 1.96. The Bertz CT molecular complexity index is 1430. The lowest BCUT2D eigenvalue weighted by Crippen LogP contribution is -2.24. The Morgan fingerprint density at radius 1 is 1.00 bits per heavy atom. The van der Waals surface area contributed by atoms with Crippen LogP contribution in [0.25, 0.3) is 23.1 Å². The average Bonchev–Trinajstić information content (AvgIpc) is 3.44. The van der Waals surface area contributed by atoms with E-state index in [2.05, 4.69) is 70.7 Å². The summed E-state index contributed by atoms with van der Waals surface area (Å²) < 4.78 is 12.6. The highest BCUT2D eigenvalue weighted by atomic mass is 16.5. The molecule has 0 radical (unpaired) electrons. The molecule has 0 atom stereocenters. The second-order valence-corrected chi connectivity index (χ2v) is 10.4. The predicted octanol–water partition coefficient (Wildman–Crippen LogP) is 5.59. The number of anilines is 1. The molecule has 0 fully saturated rings. The minimum Gasteiger partial charge on any atom is -0.497 e. The second-order valence-electron chi connectivity index (χ2n) is 10.4. The van der Waals surface area contributed by atoms with Gasteiger partial charge in [-0.15, -0.1) is 9.73 Å². The van der Waals surface area contributed by atoms with Gasteiger partial charge in [-0.1, -0.05) is 40.2 Å². The molecule has 0 aliphatic heterocycles. The molecule has 7 nitrogen and oxygen atoms in total. The number of aryl methyl sites for hydroxylation is 1. The molecule has 2 aromatic carbocycles. The van der Waals surface area contributed by atoms with Crippen LogP contribution in [-0.4, -0.2) is 47.1 Å². The Morgan fingerprint density at radius 2 is 1.78 bits per heavy atom. The van der Waals surface area contributed by atoms with Crippen LogP contribution >= 0.6 is 0 Å². The summed E-state index contributed by atoms with van der Waals surface area (Å²) in [5, 5.41) is 10.6. The molecule has 0 unspecified atom stereocenters. The molecule has 2 heterocycles. The van der Waals surface area contributed by atoms with Crippen molar-refractivity contribution in [2.24, 2.45) is 0 Å². The largest absolute Gasteiger partial charge is 0.497 e. The molecule has 2 aromatic heterocycles. The van der Waals surface area contributed by atoms with Crippen LogP contribution in [-0.2, 0) is 5.41 Å². The van der Waals surface area contributed by atoms with Crippen molar-refractivity contribution in [2.75, 3.05) is 32.2 Å². The zero-order valence-electron chi connectivity index (χ0n) is 23.4. The van der Waals surface area contributed by atoms with Gasteiger partial charge in [-0.3, -0.25) is 0 Å². The predicted molar refractivity (Wildman–Crippen MR) is 151 cm³/mol. The van der Waals surface area contributed by atoms with E-state index in [-0.39, 0.29) is 5.41 Å². The fraction of sp³-hybridized carbons (Fsp3) is 0.433. The Morgan fingerprint density at radius 3 is 2.41 bits per heavy atom. The standard InChI is InChI=1S/C30H39N5O2/c1-9-11-16-34(10-2)22-13-12-21(20(3)17-22)18-25-27(30(4,5)6)32-35-29(25)31-28(33-35)24-19-23(36-7)14-15-26(24)37-8/h12-15,17-19H,9-11,16H2,1-8H3/b25-18-. The van der Waals surface area contributed by atoms with Crippen LogP contribution in [0.2, 0.25) is 0 Å². The van der Waals surface area contributed by atoms with Crippen molar-refractivity contribution in [3.8, 4) is 22.9 Å². The van der Waals surface area contributed by atoms with Gasteiger partial charge in [0.2, 0.25) is 0 Å². The number of hydrogen-bond donors (Lipinski definition) is 0. The Kier molecular flexibility index (Phi) is 7.71.